The first kappa shape index (κ1) is 30.9. The van der Waals surface area contributed by atoms with Crippen LogP contribution in [-0.4, -0.2) is 4.57 Å². The summed E-state index contributed by atoms with van der Waals surface area (Å²) < 4.78 is 2.37. The molecule has 50 heavy (non-hydrogen) atoms. The zero-order valence-electron chi connectivity index (χ0n) is 28.4. The molecule has 0 fully saturated rings. The van der Waals surface area contributed by atoms with E-state index in [9.17, 15) is 0 Å². The summed E-state index contributed by atoms with van der Waals surface area (Å²) >= 11 is 0. The van der Waals surface area contributed by atoms with Gasteiger partial charge in [0, 0.05) is 33.2 Å². The average Bonchev–Trinajstić information content (AvgIpc) is 3.54. The van der Waals surface area contributed by atoms with Gasteiger partial charge in [-0.2, -0.15) is 0 Å². The molecule has 9 aromatic rings. The Morgan fingerprint density at radius 2 is 0.900 bits per heavy atom. The first-order valence-electron chi connectivity index (χ1n) is 17.4. The molecule has 0 radical (unpaired) electrons. The largest absolute Gasteiger partial charge is 0.310 e. The number of anilines is 3. The Morgan fingerprint density at radius 3 is 1.66 bits per heavy atom. The predicted octanol–water partition coefficient (Wildman–Crippen LogP) is 13.8. The lowest BCUT2D eigenvalue weighted by molar-refractivity contribution is 1.18. The van der Waals surface area contributed by atoms with Gasteiger partial charge in [0.1, 0.15) is 0 Å². The van der Waals surface area contributed by atoms with Crippen molar-refractivity contribution in [3.63, 3.8) is 0 Å². The third kappa shape index (κ3) is 5.51. The van der Waals surface area contributed by atoms with Crippen LogP contribution in [0.4, 0.5) is 17.1 Å². The zero-order chi connectivity index (χ0) is 33.9. The molecule has 1 aromatic heterocycles. The Bertz CT molecular complexity index is 2530. The van der Waals surface area contributed by atoms with E-state index in [-0.39, 0.29) is 0 Å². The second kappa shape index (κ2) is 13.6. The Hall–Kier alpha value is -6.38. The van der Waals surface area contributed by atoms with E-state index in [0.29, 0.717) is 0 Å². The molecule has 0 N–H and O–H groups in total. The molecule has 0 unspecified atom stereocenters. The highest BCUT2D eigenvalue weighted by atomic mass is 15.1. The molecule has 0 spiro atoms. The van der Waals surface area contributed by atoms with Gasteiger partial charge in [-0.25, -0.2) is 0 Å². The molecule has 2 heteroatoms. The highest BCUT2D eigenvalue weighted by Gasteiger charge is 2.18. The van der Waals surface area contributed by atoms with E-state index in [4.69, 9.17) is 0 Å². The molecule has 2 nitrogen and oxygen atoms in total. The van der Waals surface area contributed by atoms with Crippen molar-refractivity contribution in [2.75, 3.05) is 4.90 Å². The van der Waals surface area contributed by atoms with E-state index in [0.717, 1.165) is 17.1 Å². The molecule has 0 atom stereocenters. The summed E-state index contributed by atoms with van der Waals surface area (Å²) in [4.78, 5) is 2.37. The van der Waals surface area contributed by atoms with Crippen LogP contribution in [0.2, 0.25) is 0 Å². The van der Waals surface area contributed by atoms with Gasteiger partial charge in [-0.05, 0) is 88.3 Å². The summed E-state index contributed by atoms with van der Waals surface area (Å²) in [6.45, 7) is 4.00. The molecule has 0 saturated carbocycles. The normalized spacial score (nSPS) is 11.0. The average molecular weight is 643 g/mol. The lowest BCUT2D eigenvalue weighted by Crippen LogP contribution is -2.10. The number of nitrogens with zero attached hydrogens (tertiary/aromatic N) is 2. The van der Waals surface area contributed by atoms with Crippen LogP contribution >= 0.6 is 0 Å². The smallest absolute Gasteiger partial charge is 0.0541 e. The number of hydrogen-bond donors (Lipinski definition) is 0. The summed E-state index contributed by atoms with van der Waals surface area (Å²) in [7, 11) is 0. The highest BCUT2D eigenvalue weighted by molar-refractivity contribution is 6.12. The SMILES string of the molecule is CC.c1ccc(-c2ccc(N(c3ccccc3)c3cccc4c(-c5ccc6c(c5)c5ccccc5n6-c5ccccc5)cccc34)cc2)cc1. The Labute approximate surface area is 294 Å². The molecular weight excluding hydrogens is 605 g/mol. The summed E-state index contributed by atoms with van der Waals surface area (Å²) in [5.74, 6) is 0. The van der Waals surface area contributed by atoms with Gasteiger partial charge < -0.3 is 9.47 Å². The van der Waals surface area contributed by atoms with Crippen molar-refractivity contribution >= 4 is 49.6 Å². The van der Waals surface area contributed by atoms with Crippen molar-refractivity contribution in [2.24, 2.45) is 0 Å². The van der Waals surface area contributed by atoms with Crippen molar-refractivity contribution in [1.82, 2.24) is 4.57 Å². The number of benzene rings is 8. The topological polar surface area (TPSA) is 8.17 Å². The molecule has 0 aliphatic heterocycles. The van der Waals surface area contributed by atoms with Crippen LogP contribution in [0.25, 0.3) is 60.5 Å². The minimum Gasteiger partial charge on any atom is -0.310 e. The number of para-hydroxylation sites is 3. The lowest BCUT2D eigenvalue weighted by atomic mass is 9.95. The molecule has 9 rings (SSSR count). The summed E-state index contributed by atoms with van der Waals surface area (Å²) in [5.41, 5.74) is 11.8. The Kier molecular flexibility index (Phi) is 8.42. The predicted molar refractivity (Wildman–Crippen MR) is 215 cm³/mol. The van der Waals surface area contributed by atoms with Crippen LogP contribution in [0.15, 0.2) is 194 Å². The maximum absolute atomic E-state index is 2.37. The van der Waals surface area contributed by atoms with Crippen molar-refractivity contribution in [3.05, 3.63) is 194 Å². The maximum Gasteiger partial charge on any atom is 0.0541 e. The van der Waals surface area contributed by atoms with Crippen LogP contribution in [0.1, 0.15) is 13.8 Å². The number of aromatic nitrogens is 1. The van der Waals surface area contributed by atoms with E-state index in [2.05, 4.69) is 204 Å². The second-order valence-corrected chi connectivity index (χ2v) is 12.2. The summed E-state index contributed by atoms with van der Waals surface area (Å²) in [5, 5.41) is 4.94. The summed E-state index contributed by atoms with van der Waals surface area (Å²) in [6, 6.07) is 69.8. The van der Waals surface area contributed by atoms with E-state index in [1.807, 2.05) is 13.8 Å². The minimum absolute atomic E-state index is 1.12. The molecular formula is C48H38N2. The van der Waals surface area contributed by atoms with Gasteiger partial charge >= 0.3 is 0 Å². The quantitative estimate of drug-likeness (QED) is 0.175. The first-order valence-corrected chi connectivity index (χ1v) is 17.4. The van der Waals surface area contributed by atoms with Crippen LogP contribution < -0.4 is 4.90 Å². The van der Waals surface area contributed by atoms with Gasteiger partial charge in [0.25, 0.3) is 0 Å². The van der Waals surface area contributed by atoms with Crippen molar-refractivity contribution in [1.29, 1.82) is 0 Å². The van der Waals surface area contributed by atoms with Crippen LogP contribution in [0.3, 0.4) is 0 Å². The van der Waals surface area contributed by atoms with Crippen molar-refractivity contribution in [2.45, 2.75) is 13.8 Å². The number of hydrogen-bond acceptors (Lipinski definition) is 1. The first-order chi connectivity index (χ1) is 24.8. The van der Waals surface area contributed by atoms with Crippen LogP contribution in [0.5, 0.6) is 0 Å². The van der Waals surface area contributed by atoms with Gasteiger partial charge in [-0.15, -0.1) is 0 Å². The Balaban J connectivity index is 0.00000177. The molecule has 1 heterocycles. The van der Waals surface area contributed by atoms with E-state index in [1.54, 1.807) is 0 Å². The van der Waals surface area contributed by atoms with E-state index in [1.165, 1.54) is 60.5 Å². The standard InChI is InChI=1S/C46H32N2.C2H6/c1-4-14-33(15-5-1)34-26-29-38(30-27-34)47(36-16-6-2-7-17-36)44-25-13-22-40-39(21-12-23-41(40)44)35-28-31-46-43(32-35)42-20-10-11-24-45(42)48(46)37-18-8-3-9-19-37;1-2/h1-32H;1-2H3. The monoisotopic (exact) mass is 642 g/mol. The molecule has 0 aliphatic carbocycles. The summed E-state index contributed by atoms with van der Waals surface area (Å²) in [6.07, 6.45) is 0. The van der Waals surface area contributed by atoms with Gasteiger partial charge in [-0.3, -0.25) is 0 Å². The minimum atomic E-state index is 1.12. The Morgan fingerprint density at radius 1 is 0.360 bits per heavy atom. The van der Waals surface area contributed by atoms with Crippen LogP contribution in [0, 0.1) is 0 Å². The van der Waals surface area contributed by atoms with Gasteiger partial charge in [0.2, 0.25) is 0 Å². The van der Waals surface area contributed by atoms with Gasteiger partial charge in [0.05, 0.1) is 16.7 Å². The fourth-order valence-corrected chi connectivity index (χ4v) is 7.17. The second-order valence-electron chi connectivity index (χ2n) is 12.2. The van der Waals surface area contributed by atoms with Crippen LogP contribution in [-0.2, 0) is 0 Å². The van der Waals surface area contributed by atoms with Crippen molar-refractivity contribution in [3.8, 4) is 27.9 Å². The molecule has 0 saturated heterocycles. The zero-order valence-corrected chi connectivity index (χ0v) is 28.4. The molecule has 0 amide bonds. The number of fused-ring (bicyclic) bond motifs is 4. The number of rotatable bonds is 6. The fourth-order valence-electron chi connectivity index (χ4n) is 7.17. The maximum atomic E-state index is 2.37. The lowest BCUT2D eigenvalue weighted by Gasteiger charge is -2.27. The van der Waals surface area contributed by atoms with E-state index < -0.39 is 0 Å². The third-order valence-corrected chi connectivity index (χ3v) is 9.38. The molecule has 240 valence electrons. The highest BCUT2D eigenvalue weighted by Crippen LogP contribution is 2.42. The molecule has 8 aromatic carbocycles. The van der Waals surface area contributed by atoms with E-state index >= 15 is 0 Å². The van der Waals surface area contributed by atoms with Crippen molar-refractivity contribution < 1.29 is 0 Å². The van der Waals surface area contributed by atoms with Gasteiger partial charge in [-0.1, -0.05) is 147 Å². The third-order valence-electron chi connectivity index (χ3n) is 9.38. The van der Waals surface area contributed by atoms with Gasteiger partial charge in [0.15, 0.2) is 0 Å². The fraction of sp³-hybridized carbons (Fsp3) is 0.0417. The molecule has 0 aliphatic rings. The molecule has 0 bridgehead atoms.